The molecular weight excluding hydrogens is 307 g/mol. The fourth-order valence-electron chi connectivity index (χ4n) is 3.13. The molecule has 2 aliphatic heterocycles. The summed E-state index contributed by atoms with van der Waals surface area (Å²) >= 11 is 0. The summed E-state index contributed by atoms with van der Waals surface area (Å²) in [7, 11) is 0. The number of anilines is 2. The Hall–Kier alpha value is -2.28. The van der Waals surface area contributed by atoms with Crippen LogP contribution in [0.25, 0.3) is 11.3 Å². The molecule has 0 saturated carbocycles. The summed E-state index contributed by atoms with van der Waals surface area (Å²) in [6.45, 7) is 1.24. The molecule has 3 heterocycles. The maximum atomic E-state index is 12.8. The second kappa shape index (κ2) is 4.86. The van der Waals surface area contributed by atoms with Gasteiger partial charge >= 0.3 is 6.18 Å². The Morgan fingerprint density at radius 3 is 2.78 bits per heavy atom. The van der Waals surface area contributed by atoms with Crippen LogP contribution in [0.2, 0.25) is 0 Å². The molecule has 1 fully saturated rings. The Morgan fingerprint density at radius 1 is 1.17 bits per heavy atom. The number of nitrogens with zero attached hydrogens (tertiary/aromatic N) is 2. The van der Waals surface area contributed by atoms with E-state index in [0.29, 0.717) is 30.2 Å². The Bertz CT molecular complexity index is 760. The van der Waals surface area contributed by atoms with Gasteiger partial charge in [-0.15, -0.1) is 0 Å². The number of aromatic nitrogens is 1. The van der Waals surface area contributed by atoms with Gasteiger partial charge in [0.15, 0.2) is 5.82 Å². The molecule has 23 heavy (non-hydrogen) atoms. The number of aliphatic hydroxyl groups excluding tert-OH is 1. The van der Waals surface area contributed by atoms with Crippen LogP contribution in [0.1, 0.15) is 5.56 Å². The molecular formula is C16H14F3N3O. The Labute approximate surface area is 130 Å². The standard InChI is InChI=1S/C16H14F3N3O/c17-16(18,19)10-3-1-2-9(6-10)11-4-5-13-15(20-11)21-12-7-22(13)8-14(12)23/h1-6,12,14,23H,7-8H2,(H,20,21). The third-order valence-electron chi connectivity index (χ3n) is 4.31. The van der Waals surface area contributed by atoms with Crippen molar-refractivity contribution in [3.8, 4) is 11.3 Å². The van der Waals surface area contributed by atoms with E-state index in [9.17, 15) is 18.3 Å². The number of rotatable bonds is 1. The van der Waals surface area contributed by atoms with Gasteiger partial charge in [-0.2, -0.15) is 13.2 Å². The maximum Gasteiger partial charge on any atom is 0.416 e. The lowest BCUT2D eigenvalue weighted by Crippen LogP contribution is -2.35. The zero-order valence-corrected chi connectivity index (χ0v) is 12.0. The maximum absolute atomic E-state index is 12.8. The summed E-state index contributed by atoms with van der Waals surface area (Å²) in [5.41, 5.74) is 1.06. The number of aliphatic hydroxyl groups is 1. The topological polar surface area (TPSA) is 48.4 Å². The summed E-state index contributed by atoms with van der Waals surface area (Å²) in [4.78, 5) is 6.48. The van der Waals surface area contributed by atoms with Gasteiger partial charge in [0.1, 0.15) is 0 Å². The Balaban J connectivity index is 1.73. The number of nitrogens with one attached hydrogen (secondary N) is 1. The Morgan fingerprint density at radius 2 is 2.00 bits per heavy atom. The molecule has 2 aromatic rings. The molecule has 0 amide bonds. The average Bonchev–Trinajstić information content (AvgIpc) is 2.82. The van der Waals surface area contributed by atoms with Crippen LogP contribution < -0.4 is 10.2 Å². The molecule has 2 aliphatic rings. The van der Waals surface area contributed by atoms with Gasteiger partial charge in [-0.25, -0.2) is 4.98 Å². The summed E-state index contributed by atoms with van der Waals surface area (Å²) in [6.07, 6.45) is -4.85. The lowest BCUT2D eigenvalue weighted by Gasteiger charge is -2.27. The highest BCUT2D eigenvalue weighted by Gasteiger charge is 2.37. The first kappa shape index (κ1) is 14.3. The van der Waals surface area contributed by atoms with Gasteiger partial charge in [0.2, 0.25) is 0 Å². The molecule has 2 unspecified atom stereocenters. The van der Waals surface area contributed by atoms with E-state index >= 15 is 0 Å². The summed E-state index contributed by atoms with van der Waals surface area (Å²) in [5.74, 6) is 0.604. The van der Waals surface area contributed by atoms with E-state index in [1.165, 1.54) is 6.07 Å². The highest BCUT2D eigenvalue weighted by molar-refractivity contribution is 5.75. The predicted molar refractivity (Wildman–Crippen MR) is 80.3 cm³/mol. The quantitative estimate of drug-likeness (QED) is 0.848. The van der Waals surface area contributed by atoms with Crippen LogP contribution in [0.5, 0.6) is 0 Å². The molecule has 7 heteroatoms. The zero-order valence-electron chi connectivity index (χ0n) is 12.0. The first-order valence-corrected chi connectivity index (χ1v) is 7.30. The van der Waals surface area contributed by atoms with Gasteiger partial charge in [-0.3, -0.25) is 0 Å². The van der Waals surface area contributed by atoms with E-state index in [1.807, 2.05) is 11.0 Å². The van der Waals surface area contributed by atoms with E-state index < -0.39 is 17.8 Å². The number of benzene rings is 1. The monoisotopic (exact) mass is 321 g/mol. The third kappa shape index (κ3) is 2.41. The normalized spacial score (nSPS) is 22.7. The predicted octanol–water partition coefficient (Wildman–Crippen LogP) is 2.74. The number of fused-ring (bicyclic) bond motifs is 4. The lowest BCUT2D eigenvalue weighted by molar-refractivity contribution is -0.137. The number of pyridine rings is 1. The number of hydrogen-bond acceptors (Lipinski definition) is 4. The molecule has 1 aromatic heterocycles. The van der Waals surface area contributed by atoms with Crippen LogP contribution in [0.4, 0.5) is 24.7 Å². The molecule has 4 nitrogen and oxygen atoms in total. The summed E-state index contributed by atoms with van der Waals surface area (Å²) < 4.78 is 38.5. The van der Waals surface area contributed by atoms with Crippen molar-refractivity contribution in [2.75, 3.05) is 23.3 Å². The fraction of sp³-hybridized carbons (Fsp3) is 0.312. The second-order valence-corrected chi connectivity index (χ2v) is 5.87. The molecule has 0 radical (unpaired) electrons. The number of alkyl halides is 3. The van der Waals surface area contributed by atoms with Crippen LogP contribution in [0.15, 0.2) is 36.4 Å². The highest BCUT2D eigenvalue weighted by atomic mass is 19.4. The molecule has 0 aliphatic carbocycles. The molecule has 2 bridgehead atoms. The van der Waals surface area contributed by atoms with Crippen molar-refractivity contribution in [3.05, 3.63) is 42.0 Å². The highest BCUT2D eigenvalue weighted by Crippen LogP contribution is 2.37. The van der Waals surface area contributed by atoms with E-state index in [4.69, 9.17) is 0 Å². The van der Waals surface area contributed by atoms with Crippen molar-refractivity contribution in [3.63, 3.8) is 0 Å². The molecule has 0 spiro atoms. The SMILES string of the molecule is OC1CN2CC1Nc1nc(-c3cccc(C(F)(F)F)c3)ccc12. The van der Waals surface area contributed by atoms with Crippen molar-refractivity contribution >= 4 is 11.5 Å². The van der Waals surface area contributed by atoms with Crippen molar-refractivity contribution in [1.82, 2.24) is 4.98 Å². The average molecular weight is 321 g/mol. The first-order chi connectivity index (χ1) is 10.9. The van der Waals surface area contributed by atoms with Gasteiger partial charge < -0.3 is 15.3 Å². The summed E-state index contributed by atoms with van der Waals surface area (Å²) in [6, 6.07) is 8.58. The molecule has 2 atom stereocenters. The van der Waals surface area contributed by atoms with Crippen LogP contribution in [0, 0.1) is 0 Å². The molecule has 1 saturated heterocycles. The Kier molecular flexibility index (Phi) is 3.02. The van der Waals surface area contributed by atoms with Crippen LogP contribution in [-0.2, 0) is 6.18 Å². The van der Waals surface area contributed by atoms with Crippen molar-refractivity contribution in [1.29, 1.82) is 0 Å². The van der Waals surface area contributed by atoms with E-state index in [1.54, 1.807) is 12.1 Å². The van der Waals surface area contributed by atoms with Gasteiger partial charge in [0.25, 0.3) is 0 Å². The third-order valence-corrected chi connectivity index (χ3v) is 4.31. The van der Waals surface area contributed by atoms with Gasteiger partial charge in [-0.1, -0.05) is 12.1 Å². The van der Waals surface area contributed by atoms with Crippen LogP contribution >= 0.6 is 0 Å². The fourth-order valence-corrected chi connectivity index (χ4v) is 3.13. The molecule has 1 aromatic carbocycles. The largest absolute Gasteiger partial charge is 0.416 e. The minimum atomic E-state index is -4.38. The number of halogens is 3. The van der Waals surface area contributed by atoms with Gasteiger partial charge in [-0.05, 0) is 24.3 Å². The number of hydrogen-bond donors (Lipinski definition) is 2. The zero-order chi connectivity index (χ0) is 16.2. The van der Waals surface area contributed by atoms with E-state index in [2.05, 4.69) is 10.3 Å². The van der Waals surface area contributed by atoms with Gasteiger partial charge in [0, 0.05) is 18.7 Å². The van der Waals surface area contributed by atoms with Crippen LogP contribution in [0.3, 0.4) is 0 Å². The molecule has 2 N–H and O–H groups in total. The first-order valence-electron chi connectivity index (χ1n) is 7.30. The van der Waals surface area contributed by atoms with Gasteiger partial charge in [0.05, 0.1) is 29.1 Å². The van der Waals surface area contributed by atoms with Crippen molar-refractivity contribution in [2.24, 2.45) is 0 Å². The van der Waals surface area contributed by atoms with Crippen LogP contribution in [-0.4, -0.2) is 35.3 Å². The van der Waals surface area contributed by atoms with Crippen molar-refractivity contribution in [2.45, 2.75) is 18.3 Å². The lowest BCUT2D eigenvalue weighted by atomic mass is 10.1. The minimum absolute atomic E-state index is 0.0910. The van der Waals surface area contributed by atoms with Crippen molar-refractivity contribution < 1.29 is 18.3 Å². The molecule has 120 valence electrons. The smallest absolute Gasteiger partial charge is 0.389 e. The van der Waals surface area contributed by atoms with E-state index in [-0.39, 0.29) is 6.04 Å². The molecule has 4 rings (SSSR count). The van der Waals surface area contributed by atoms with E-state index in [0.717, 1.165) is 17.8 Å². The second-order valence-electron chi connectivity index (χ2n) is 5.87. The minimum Gasteiger partial charge on any atom is -0.389 e. The summed E-state index contributed by atoms with van der Waals surface area (Å²) in [5, 5.41) is 13.1.